The highest BCUT2D eigenvalue weighted by atomic mass is 15.0. The maximum atomic E-state index is 4.61. The minimum Gasteiger partial charge on any atom is -0.309 e. The van der Waals surface area contributed by atoms with Crippen molar-refractivity contribution in [3.8, 4) is 61.7 Å². The number of benzene rings is 10. The molecular weight excluding hydrogens is 837 g/mol. The van der Waals surface area contributed by atoms with E-state index in [4.69, 9.17) is 0 Å². The summed E-state index contributed by atoms with van der Waals surface area (Å²) in [5.74, 6) is 0. The van der Waals surface area contributed by atoms with Gasteiger partial charge in [0.1, 0.15) is 0 Å². The summed E-state index contributed by atoms with van der Waals surface area (Å²) in [6.07, 6.45) is 1.85. The van der Waals surface area contributed by atoms with Crippen LogP contribution in [0.15, 0.2) is 255 Å². The third kappa shape index (κ3) is 6.34. The summed E-state index contributed by atoms with van der Waals surface area (Å²) in [5.41, 5.74) is 19.7. The zero-order valence-corrected chi connectivity index (χ0v) is 37.5. The molecule has 0 unspecified atom stereocenters. The minimum atomic E-state index is 0.966. The van der Waals surface area contributed by atoms with Crippen molar-refractivity contribution in [2.75, 3.05) is 0 Å². The highest BCUT2D eigenvalue weighted by molar-refractivity contribution is 6.15. The molecule has 10 aromatic carbocycles. The van der Waals surface area contributed by atoms with Gasteiger partial charge in [-0.3, -0.25) is 4.98 Å². The predicted molar refractivity (Wildman–Crippen MR) is 289 cm³/mol. The highest BCUT2D eigenvalue weighted by Gasteiger charge is 2.20. The molecule has 0 amide bonds. The van der Waals surface area contributed by atoms with E-state index in [0.717, 1.165) is 28.3 Å². The summed E-state index contributed by atoms with van der Waals surface area (Å²) in [6, 6.07) is 90.6. The third-order valence-electron chi connectivity index (χ3n) is 14.1. The van der Waals surface area contributed by atoms with E-state index in [1.165, 1.54) is 98.8 Å². The molecule has 0 aliphatic rings. The van der Waals surface area contributed by atoms with Gasteiger partial charge in [0.2, 0.25) is 0 Å². The van der Waals surface area contributed by atoms with Gasteiger partial charge < -0.3 is 13.7 Å². The van der Waals surface area contributed by atoms with Gasteiger partial charge in [0.25, 0.3) is 0 Å². The summed E-state index contributed by atoms with van der Waals surface area (Å²) < 4.78 is 7.24. The number of fused-ring (bicyclic) bond motifs is 9. The number of rotatable bonds is 7. The zero-order chi connectivity index (χ0) is 45.4. The molecule has 0 spiro atoms. The Balaban J connectivity index is 0.961. The second-order valence-electron chi connectivity index (χ2n) is 18.0. The van der Waals surface area contributed by atoms with Crippen LogP contribution >= 0.6 is 0 Å². The van der Waals surface area contributed by atoms with Crippen LogP contribution in [-0.2, 0) is 0 Å². The van der Waals surface area contributed by atoms with Crippen molar-refractivity contribution in [1.29, 1.82) is 0 Å². The molecule has 0 saturated heterocycles. The van der Waals surface area contributed by atoms with E-state index in [2.05, 4.69) is 255 Å². The molecule has 0 N–H and O–H groups in total. The molecule has 0 radical (unpaired) electrons. The van der Waals surface area contributed by atoms with Gasteiger partial charge in [-0.05, 0) is 143 Å². The molecule has 0 bridgehead atoms. The topological polar surface area (TPSA) is 27.7 Å². The molecule has 4 heteroatoms. The Hall–Kier alpha value is -9.25. The first kappa shape index (κ1) is 39.0. The predicted octanol–water partition coefficient (Wildman–Crippen LogP) is 17.0. The number of nitrogens with zero attached hydrogens (tertiary/aromatic N) is 4. The van der Waals surface area contributed by atoms with Gasteiger partial charge in [-0.2, -0.15) is 0 Å². The molecule has 69 heavy (non-hydrogen) atoms. The largest absolute Gasteiger partial charge is 0.309 e. The van der Waals surface area contributed by atoms with Crippen LogP contribution < -0.4 is 0 Å². The summed E-state index contributed by atoms with van der Waals surface area (Å²) in [4.78, 5) is 4.61. The highest BCUT2D eigenvalue weighted by Crippen LogP contribution is 2.42. The lowest BCUT2D eigenvalue weighted by Crippen LogP contribution is -1.95. The Morgan fingerprint density at radius 2 is 0.580 bits per heavy atom. The third-order valence-corrected chi connectivity index (χ3v) is 14.1. The van der Waals surface area contributed by atoms with Crippen molar-refractivity contribution in [1.82, 2.24) is 18.7 Å². The van der Waals surface area contributed by atoms with Crippen molar-refractivity contribution in [3.63, 3.8) is 0 Å². The number of aromatic nitrogens is 4. The van der Waals surface area contributed by atoms with Gasteiger partial charge in [0.05, 0.1) is 38.8 Å². The number of hydrogen-bond donors (Lipinski definition) is 0. The zero-order valence-electron chi connectivity index (χ0n) is 37.5. The monoisotopic (exact) mass is 878 g/mol. The molecule has 0 aliphatic carbocycles. The van der Waals surface area contributed by atoms with Gasteiger partial charge in [-0.1, -0.05) is 140 Å². The van der Waals surface area contributed by atoms with Crippen LogP contribution in [-0.4, -0.2) is 18.7 Å². The molecule has 0 fully saturated rings. The first-order valence-electron chi connectivity index (χ1n) is 23.6. The average Bonchev–Trinajstić information content (AvgIpc) is 4.06. The van der Waals surface area contributed by atoms with Crippen molar-refractivity contribution in [3.05, 3.63) is 255 Å². The van der Waals surface area contributed by atoms with E-state index in [1.807, 2.05) is 18.3 Å². The summed E-state index contributed by atoms with van der Waals surface area (Å²) in [7, 11) is 0. The van der Waals surface area contributed by atoms with Gasteiger partial charge >= 0.3 is 0 Å². The molecule has 14 rings (SSSR count). The fraction of sp³-hybridized carbons (Fsp3) is 0. The molecule has 322 valence electrons. The van der Waals surface area contributed by atoms with Crippen LogP contribution in [0.4, 0.5) is 0 Å². The van der Waals surface area contributed by atoms with Gasteiger partial charge in [0.15, 0.2) is 0 Å². The lowest BCUT2D eigenvalue weighted by atomic mass is 9.98. The van der Waals surface area contributed by atoms with Crippen molar-refractivity contribution >= 4 is 65.4 Å². The van der Waals surface area contributed by atoms with Gasteiger partial charge in [-0.15, -0.1) is 0 Å². The Morgan fingerprint density at radius 1 is 0.217 bits per heavy atom. The fourth-order valence-corrected chi connectivity index (χ4v) is 10.9. The van der Waals surface area contributed by atoms with E-state index in [0.29, 0.717) is 0 Å². The number of pyridine rings is 1. The van der Waals surface area contributed by atoms with Crippen LogP contribution in [0.3, 0.4) is 0 Å². The Bertz CT molecular complexity index is 4260. The minimum absolute atomic E-state index is 0.966. The molecule has 4 aromatic heterocycles. The molecule has 4 nitrogen and oxygen atoms in total. The Morgan fingerprint density at radius 3 is 1.09 bits per heavy atom. The lowest BCUT2D eigenvalue weighted by molar-refractivity contribution is 1.17. The SMILES string of the molecule is c1ccc(-c2ccc3c(c2)c2cc(-c4ccc5c(c4)c4cc(-c6ccccc6)ccc4n5-c4ccc5c(c4)c4ccccc4n5-c4ccccc4)ccc2n3-c2ccc(-c3ccccn3)cc2)cc1. The first-order chi connectivity index (χ1) is 34.2. The maximum absolute atomic E-state index is 4.61. The van der Waals surface area contributed by atoms with Gasteiger partial charge in [0, 0.05) is 61.1 Å². The molecular formula is C65H42N4. The Labute approximate surface area is 398 Å². The normalized spacial score (nSPS) is 11.8. The van der Waals surface area contributed by atoms with Crippen molar-refractivity contribution < 1.29 is 0 Å². The molecule has 0 atom stereocenters. The van der Waals surface area contributed by atoms with Crippen LogP contribution in [0.2, 0.25) is 0 Å². The van der Waals surface area contributed by atoms with Crippen LogP contribution in [0.5, 0.6) is 0 Å². The fourth-order valence-electron chi connectivity index (χ4n) is 10.9. The lowest BCUT2D eigenvalue weighted by Gasteiger charge is -2.11. The smallest absolute Gasteiger partial charge is 0.0701 e. The first-order valence-corrected chi connectivity index (χ1v) is 23.6. The van der Waals surface area contributed by atoms with E-state index < -0.39 is 0 Å². The second-order valence-corrected chi connectivity index (χ2v) is 18.0. The van der Waals surface area contributed by atoms with E-state index in [-0.39, 0.29) is 0 Å². The quantitative estimate of drug-likeness (QED) is 0.157. The molecule has 0 aliphatic heterocycles. The van der Waals surface area contributed by atoms with Crippen LogP contribution in [0.1, 0.15) is 0 Å². The number of hydrogen-bond acceptors (Lipinski definition) is 1. The standard InChI is InChI=1S/C65H42N4/c1-4-14-43(15-5-1)46-25-32-61-54(38-46)56-40-48(27-34-62(56)68(61)51-29-23-45(24-30-51)59-21-12-13-37-66-59)49-28-35-64-57(41-49)55-39-47(44-16-6-2-7-17-44)26-33-63(55)69(64)52-31-36-65-58(42-52)53-20-10-11-22-60(53)67(65)50-18-8-3-9-19-50/h1-42H. The van der Waals surface area contributed by atoms with Crippen LogP contribution in [0.25, 0.3) is 127 Å². The van der Waals surface area contributed by atoms with Crippen molar-refractivity contribution in [2.24, 2.45) is 0 Å². The molecule has 0 saturated carbocycles. The van der Waals surface area contributed by atoms with Crippen molar-refractivity contribution in [2.45, 2.75) is 0 Å². The average molecular weight is 879 g/mol. The summed E-state index contributed by atoms with van der Waals surface area (Å²) >= 11 is 0. The number of para-hydroxylation sites is 2. The summed E-state index contributed by atoms with van der Waals surface area (Å²) in [5, 5.41) is 7.34. The molecule has 14 aromatic rings. The second kappa shape index (κ2) is 15.7. The van der Waals surface area contributed by atoms with E-state index >= 15 is 0 Å². The van der Waals surface area contributed by atoms with E-state index in [9.17, 15) is 0 Å². The van der Waals surface area contributed by atoms with Crippen LogP contribution in [0, 0.1) is 0 Å². The van der Waals surface area contributed by atoms with Gasteiger partial charge in [-0.25, -0.2) is 0 Å². The van der Waals surface area contributed by atoms with E-state index in [1.54, 1.807) is 0 Å². The summed E-state index contributed by atoms with van der Waals surface area (Å²) in [6.45, 7) is 0. The maximum Gasteiger partial charge on any atom is 0.0701 e. The molecule has 4 heterocycles. The Kier molecular flexibility index (Phi) is 8.86.